The summed E-state index contributed by atoms with van der Waals surface area (Å²) in [5, 5.41) is 6.83. The number of nitrogens with one attached hydrogen (secondary N) is 1. The van der Waals surface area contributed by atoms with Gasteiger partial charge in [0.05, 0.1) is 0 Å². The predicted octanol–water partition coefficient (Wildman–Crippen LogP) is 1.57. The van der Waals surface area contributed by atoms with Crippen LogP contribution in [0.15, 0.2) is 18.2 Å². The lowest BCUT2D eigenvalue weighted by Gasteiger charge is -2.35. The number of H-pyrrole nitrogens is 1. The first-order valence-electron chi connectivity index (χ1n) is 7.94. The van der Waals surface area contributed by atoms with Crippen LogP contribution in [-0.4, -0.2) is 40.0 Å². The van der Waals surface area contributed by atoms with Crippen molar-refractivity contribution in [1.29, 1.82) is 0 Å². The first kappa shape index (κ1) is 14.8. The zero-order valence-corrected chi connectivity index (χ0v) is 12.6. The summed E-state index contributed by atoms with van der Waals surface area (Å²) in [5.74, 6) is 0.0769. The molecule has 0 unspecified atom stereocenters. The minimum absolute atomic E-state index is 0.131. The zero-order chi connectivity index (χ0) is 15.5. The van der Waals surface area contributed by atoms with E-state index in [-0.39, 0.29) is 23.4 Å². The van der Waals surface area contributed by atoms with Crippen molar-refractivity contribution in [3.8, 4) is 0 Å². The minimum Gasteiger partial charge on any atom is -0.364 e. The number of aromatic nitrogens is 2. The van der Waals surface area contributed by atoms with Crippen molar-refractivity contribution in [3.63, 3.8) is 0 Å². The van der Waals surface area contributed by atoms with Gasteiger partial charge in [0.1, 0.15) is 5.69 Å². The number of primary amides is 1. The molecule has 22 heavy (non-hydrogen) atoms. The summed E-state index contributed by atoms with van der Waals surface area (Å²) in [5.41, 5.74) is 6.40. The molecule has 3 N–H and O–H groups in total. The maximum Gasteiger partial charge on any atom is 0.269 e. The molecule has 1 aromatic rings. The van der Waals surface area contributed by atoms with Crippen LogP contribution in [0.4, 0.5) is 0 Å². The molecule has 6 heteroatoms. The van der Waals surface area contributed by atoms with Crippen molar-refractivity contribution >= 4 is 11.8 Å². The Morgan fingerprint density at radius 3 is 2.86 bits per heavy atom. The molecule has 0 bridgehead atoms. The largest absolute Gasteiger partial charge is 0.364 e. The Morgan fingerprint density at radius 2 is 2.18 bits per heavy atom. The molecule has 2 amide bonds. The monoisotopic (exact) mass is 302 g/mol. The third-order valence-corrected chi connectivity index (χ3v) is 4.64. The standard InChI is InChI=1S/C16H22N4O2/c17-15(21)14-9-13(18-19-14)12-7-4-8-20(10-12)16(22)11-5-2-1-3-6-11/h1-2,9,11-12H,3-8,10H2,(H2,17,21)(H,18,19)/t11-,12+/m1/s1. The number of piperidine rings is 1. The van der Waals surface area contributed by atoms with Crippen LogP contribution in [0.25, 0.3) is 0 Å². The quantitative estimate of drug-likeness (QED) is 0.830. The third-order valence-electron chi connectivity index (χ3n) is 4.64. The van der Waals surface area contributed by atoms with Crippen molar-refractivity contribution < 1.29 is 9.59 Å². The molecule has 2 heterocycles. The van der Waals surface area contributed by atoms with E-state index >= 15 is 0 Å². The van der Waals surface area contributed by atoms with Gasteiger partial charge in [-0.2, -0.15) is 5.10 Å². The average molecular weight is 302 g/mol. The van der Waals surface area contributed by atoms with Crippen molar-refractivity contribution in [2.75, 3.05) is 13.1 Å². The van der Waals surface area contributed by atoms with Gasteiger partial charge in [-0.1, -0.05) is 12.2 Å². The van der Waals surface area contributed by atoms with Crippen LogP contribution in [0.2, 0.25) is 0 Å². The molecular formula is C16H22N4O2. The van der Waals surface area contributed by atoms with Crippen LogP contribution in [0.3, 0.4) is 0 Å². The van der Waals surface area contributed by atoms with E-state index in [0.717, 1.165) is 44.3 Å². The highest BCUT2D eigenvalue weighted by atomic mass is 16.2. The van der Waals surface area contributed by atoms with Crippen LogP contribution >= 0.6 is 0 Å². The average Bonchev–Trinajstić information content (AvgIpc) is 3.05. The molecule has 3 rings (SSSR count). The Kier molecular flexibility index (Phi) is 4.27. The highest BCUT2D eigenvalue weighted by molar-refractivity contribution is 5.90. The van der Waals surface area contributed by atoms with Gasteiger partial charge in [0.2, 0.25) is 5.91 Å². The number of rotatable bonds is 3. The van der Waals surface area contributed by atoms with E-state index < -0.39 is 5.91 Å². The third kappa shape index (κ3) is 3.05. The number of carbonyl (C=O) groups is 2. The summed E-state index contributed by atoms with van der Waals surface area (Å²) >= 11 is 0. The lowest BCUT2D eigenvalue weighted by molar-refractivity contribution is -0.137. The number of aromatic amines is 1. The van der Waals surface area contributed by atoms with E-state index in [9.17, 15) is 9.59 Å². The molecule has 118 valence electrons. The SMILES string of the molecule is NC(=O)c1cc([C@H]2CCCN(C(=O)[C@@H]3CC=CCC3)C2)[nH]n1. The smallest absolute Gasteiger partial charge is 0.269 e. The van der Waals surface area contributed by atoms with Gasteiger partial charge in [-0.15, -0.1) is 0 Å². The van der Waals surface area contributed by atoms with Crippen LogP contribution in [0.1, 0.15) is 54.2 Å². The summed E-state index contributed by atoms with van der Waals surface area (Å²) in [6.45, 7) is 1.52. The molecule has 1 saturated heterocycles. The number of allylic oxidation sites excluding steroid dienone is 2. The summed E-state index contributed by atoms with van der Waals surface area (Å²) < 4.78 is 0. The van der Waals surface area contributed by atoms with Gasteiger partial charge in [-0.05, 0) is 38.2 Å². The van der Waals surface area contributed by atoms with Crippen LogP contribution < -0.4 is 5.73 Å². The molecule has 0 radical (unpaired) electrons. The molecule has 1 aromatic heterocycles. The van der Waals surface area contributed by atoms with Gasteiger partial charge in [-0.3, -0.25) is 14.7 Å². The molecule has 0 aromatic carbocycles. The van der Waals surface area contributed by atoms with Gasteiger partial charge in [0, 0.05) is 30.6 Å². The fourth-order valence-corrected chi connectivity index (χ4v) is 3.38. The highest BCUT2D eigenvalue weighted by Crippen LogP contribution is 2.29. The molecule has 1 aliphatic carbocycles. The maximum absolute atomic E-state index is 12.6. The molecule has 6 nitrogen and oxygen atoms in total. The lowest BCUT2D eigenvalue weighted by Crippen LogP contribution is -2.42. The molecule has 0 spiro atoms. The summed E-state index contributed by atoms with van der Waals surface area (Å²) in [7, 11) is 0. The Bertz CT molecular complexity index is 593. The van der Waals surface area contributed by atoms with Gasteiger partial charge in [0.15, 0.2) is 0 Å². The van der Waals surface area contributed by atoms with E-state index in [1.165, 1.54) is 0 Å². The molecule has 2 atom stereocenters. The van der Waals surface area contributed by atoms with Crippen molar-refractivity contribution in [1.82, 2.24) is 15.1 Å². The van der Waals surface area contributed by atoms with Gasteiger partial charge >= 0.3 is 0 Å². The Hall–Kier alpha value is -2.11. The number of hydrogen-bond donors (Lipinski definition) is 2. The Labute approximate surface area is 129 Å². The summed E-state index contributed by atoms with van der Waals surface area (Å²) in [6.07, 6.45) is 9.04. The van der Waals surface area contributed by atoms with E-state index in [2.05, 4.69) is 22.3 Å². The number of likely N-dealkylation sites (tertiary alicyclic amines) is 1. The number of nitrogens with two attached hydrogens (primary N) is 1. The predicted molar refractivity (Wildman–Crippen MR) is 82.1 cm³/mol. The van der Waals surface area contributed by atoms with Crippen molar-refractivity contribution in [2.45, 2.75) is 38.0 Å². The van der Waals surface area contributed by atoms with Crippen LogP contribution in [0.5, 0.6) is 0 Å². The topological polar surface area (TPSA) is 92.1 Å². The maximum atomic E-state index is 12.6. The first-order valence-corrected chi connectivity index (χ1v) is 7.94. The first-order chi connectivity index (χ1) is 10.6. The minimum atomic E-state index is -0.528. The van der Waals surface area contributed by atoms with E-state index in [4.69, 9.17) is 5.73 Å². The van der Waals surface area contributed by atoms with Gasteiger partial charge in [0.25, 0.3) is 5.91 Å². The van der Waals surface area contributed by atoms with E-state index in [1.54, 1.807) is 6.07 Å². The molecule has 2 aliphatic rings. The highest BCUT2D eigenvalue weighted by Gasteiger charge is 2.30. The van der Waals surface area contributed by atoms with Gasteiger partial charge in [-0.25, -0.2) is 0 Å². The molecule has 1 aliphatic heterocycles. The molecular weight excluding hydrogens is 280 g/mol. The molecule has 0 saturated carbocycles. The summed E-state index contributed by atoms with van der Waals surface area (Å²) in [6, 6.07) is 1.71. The van der Waals surface area contributed by atoms with Gasteiger partial charge < -0.3 is 10.6 Å². The molecule has 1 fully saturated rings. The second-order valence-electron chi connectivity index (χ2n) is 6.18. The fourth-order valence-electron chi connectivity index (χ4n) is 3.38. The second-order valence-corrected chi connectivity index (χ2v) is 6.18. The van der Waals surface area contributed by atoms with E-state index in [1.807, 2.05) is 4.90 Å². The van der Waals surface area contributed by atoms with Crippen molar-refractivity contribution in [2.24, 2.45) is 11.7 Å². The number of hydrogen-bond acceptors (Lipinski definition) is 3. The second kappa shape index (κ2) is 6.34. The zero-order valence-electron chi connectivity index (χ0n) is 12.6. The Morgan fingerprint density at radius 1 is 1.32 bits per heavy atom. The normalized spacial score (nSPS) is 25.2. The number of nitrogens with zero attached hydrogens (tertiary/aromatic N) is 2. The lowest BCUT2D eigenvalue weighted by atomic mass is 9.90. The van der Waals surface area contributed by atoms with Crippen molar-refractivity contribution in [3.05, 3.63) is 29.6 Å². The van der Waals surface area contributed by atoms with E-state index in [0.29, 0.717) is 6.54 Å². The number of carbonyl (C=O) groups excluding carboxylic acids is 2. The fraction of sp³-hybridized carbons (Fsp3) is 0.562. The summed E-state index contributed by atoms with van der Waals surface area (Å²) in [4.78, 5) is 25.8. The Balaban J connectivity index is 1.66. The number of amides is 2. The van der Waals surface area contributed by atoms with Crippen LogP contribution in [-0.2, 0) is 4.79 Å². The van der Waals surface area contributed by atoms with Crippen LogP contribution in [0, 0.1) is 5.92 Å².